The number of aliphatic hydroxyl groups is 1. The molecule has 0 saturated carbocycles. The van der Waals surface area contributed by atoms with Gasteiger partial charge in [0.05, 0.1) is 29.3 Å². The number of rotatable bonds is 19. The number of alkyl carbamates (subject to hydrolysis) is 1. The maximum Gasteiger partial charge on any atom is 0.408 e. The molecule has 0 bridgehead atoms. The molecular weight excluding hydrogens is 604 g/mol. The van der Waals surface area contributed by atoms with Crippen LogP contribution in [0, 0.1) is 11.6 Å². The lowest BCUT2D eigenvalue weighted by molar-refractivity contribution is -0.124. The summed E-state index contributed by atoms with van der Waals surface area (Å²) in [5, 5.41) is 18.7. The fourth-order valence-electron chi connectivity index (χ4n) is 5.10. The van der Waals surface area contributed by atoms with Crippen molar-refractivity contribution in [3.63, 3.8) is 0 Å². The minimum Gasteiger partial charge on any atom is -0.447 e. The Morgan fingerprint density at radius 1 is 0.911 bits per heavy atom. The second-order valence-corrected chi connectivity index (χ2v) is 14.0. The van der Waals surface area contributed by atoms with E-state index in [1.807, 2.05) is 45.0 Å². The Bertz CT molecular complexity index is 1320. The van der Waals surface area contributed by atoms with E-state index in [0.717, 1.165) is 29.7 Å². The number of halogens is 2. The van der Waals surface area contributed by atoms with Crippen LogP contribution in [-0.4, -0.2) is 67.4 Å². The largest absolute Gasteiger partial charge is 0.447 e. The summed E-state index contributed by atoms with van der Waals surface area (Å²) in [7, 11) is -3.85. The number of benzene rings is 2. The van der Waals surface area contributed by atoms with Crippen LogP contribution in [0.4, 0.5) is 13.6 Å². The van der Waals surface area contributed by atoms with E-state index >= 15 is 0 Å². The highest BCUT2D eigenvalue weighted by Gasteiger charge is 2.34. The molecule has 45 heavy (non-hydrogen) atoms. The third-order valence-corrected chi connectivity index (χ3v) is 9.62. The van der Waals surface area contributed by atoms with Gasteiger partial charge >= 0.3 is 6.09 Å². The summed E-state index contributed by atoms with van der Waals surface area (Å²) >= 11 is 0. The lowest BCUT2D eigenvalue weighted by atomic mass is 10.00. The third-order valence-electron chi connectivity index (χ3n) is 7.33. The molecule has 4 N–H and O–H groups in total. The molecule has 0 saturated heterocycles. The van der Waals surface area contributed by atoms with Crippen molar-refractivity contribution in [2.24, 2.45) is 0 Å². The van der Waals surface area contributed by atoms with Crippen molar-refractivity contribution in [3.8, 4) is 0 Å². The van der Waals surface area contributed by atoms with Crippen LogP contribution in [0.25, 0.3) is 0 Å². The molecule has 2 rings (SSSR count). The summed E-state index contributed by atoms with van der Waals surface area (Å²) < 4.78 is 60.0. The average molecular weight is 654 g/mol. The highest BCUT2D eigenvalue weighted by atomic mass is 32.2. The van der Waals surface area contributed by atoms with Gasteiger partial charge in [-0.1, -0.05) is 57.9 Å². The molecule has 9 nitrogen and oxygen atoms in total. The van der Waals surface area contributed by atoms with Crippen LogP contribution in [0.2, 0.25) is 0 Å². The SMILES string of the molecule is CCCC(CCC)S(=O)(=O)C[C@@H](NC(=O)OC(C)C)C(=O)N[C@@H](Cc1cc(F)cc(F)c1)[C@H](O)CNCc1cccc(CC)c1. The quantitative estimate of drug-likeness (QED) is 0.174. The number of carbonyl (C=O) groups is 2. The standard InChI is InChI=1S/C33H49F2N3O6S/c1-6-10-28(11-7-2)45(42,43)21-30(38-33(41)44-22(4)5)32(40)37-29(17-25-15-26(34)18-27(35)16-25)31(39)20-36-19-24-13-9-12-23(8-3)14-24/h9,12-16,18,22,28-31,36,39H,6-8,10-11,17,19-21H2,1-5H3,(H,37,40)(H,38,41)/t29-,30+,31+/m0/s1. The maximum absolute atomic E-state index is 14.0. The summed E-state index contributed by atoms with van der Waals surface area (Å²) in [5.74, 6) is -3.19. The Balaban J connectivity index is 2.33. The number of ether oxygens (including phenoxy) is 1. The summed E-state index contributed by atoms with van der Waals surface area (Å²) in [6.45, 7) is 9.43. The highest BCUT2D eigenvalue weighted by molar-refractivity contribution is 7.92. The Labute approximate surface area is 266 Å². The summed E-state index contributed by atoms with van der Waals surface area (Å²) in [4.78, 5) is 26.2. The predicted octanol–water partition coefficient (Wildman–Crippen LogP) is 4.59. The molecule has 252 valence electrons. The molecule has 12 heteroatoms. The molecule has 0 fully saturated rings. The fourth-order valence-corrected chi connectivity index (χ4v) is 7.27. The fraction of sp³-hybridized carbons (Fsp3) is 0.576. The van der Waals surface area contributed by atoms with Crippen molar-refractivity contribution in [2.45, 2.75) is 109 Å². The van der Waals surface area contributed by atoms with Gasteiger partial charge in [-0.15, -0.1) is 0 Å². The minimum absolute atomic E-state index is 0.0000435. The number of hydrogen-bond acceptors (Lipinski definition) is 7. The predicted molar refractivity (Wildman–Crippen MR) is 171 cm³/mol. The molecule has 0 heterocycles. The first-order valence-electron chi connectivity index (χ1n) is 15.7. The van der Waals surface area contributed by atoms with E-state index < -0.39 is 68.8 Å². The lowest BCUT2D eigenvalue weighted by Gasteiger charge is -2.28. The summed E-state index contributed by atoms with van der Waals surface area (Å²) in [6, 6.07) is 8.19. The normalized spacial score (nSPS) is 13.8. The topological polar surface area (TPSA) is 134 Å². The second-order valence-electron chi connectivity index (χ2n) is 11.6. The Hall–Kier alpha value is -3.09. The zero-order chi connectivity index (χ0) is 33.6. The van der Waals surface area contributed by atoms with Crippen molar-refractivity contribution in [2.75, 3.05) is 12.3 Å². The van der Waals surface area contributed by atoms with Gasteiger partial charge in [0.1, 0.15) is 17.7 Å². The second kappa shape index (κ2) is 18.8. The lowest BCUT2D eigenvalue weighted by Crippen LogP contribution is -2.57. The van der Waals surface area contributed by atoms with Crippen LogP contribution in [0.5, 0.6) is 0 Å². The van der Waals surface area contributed by atoms with Gasteiger partial charge in [0.2, 0.25) is 5.91 Å². The molecule has 0 aliphatic heterocycles. The zero-order valence-corrected chi connectivity index (χ0v) is 27.8. The van der Waals surface area contributed by atoms with E-state index in [9.17, 15) is 31.9 Å². The van der Waals surface area contributed by atoms with Crippen molar-refractivity contribution in [3.05, 3.63) is 70.8 Å². The van der Waals surface area contributed by atoms with E-state index in [4.69, 9.17) is 4.74 Å². The minimum atomic E-state index is -3.85. The monoisotopic (exact) mass is 653 g/mol. The summed E-state index contributed by atoms with van der Waals surface area (Å²) in [5.41, 5.74) is 2.31. The Morgan fingerprint density at radius 3 is 2.11 bits per heavy atom. The number of carbonyl (C=O) groups excluding carboxylic acids is 2. The molecule has 2 aromatic rings. The molecule has 2 aromatic carbocycles. The van der Waals surface area contributed by atoms with Gasteiger partial charge in [0.15, 0.2) is 9.84 Å². The van der Waals surface area contributed by atoms with Crippen molar-refractivity contribution in [1.82, 2.24) is 16.0 Å². The molecule has 0 aromatic heterocycles. The van der Waals surface area contributed by atoms with E-state index in [-0.39, 0.29) is 18.5 Å². The van der Waals surface area contributed by atoms with E-state index in [0.29, 0.717) is 38.3 Å². The van der Waals surface area contributed by atoms with Crippen molar-refractivity contribution >= 4 is 21.8 Å². The first-order valence-corrected chi connectivity index (χ1v) is 17.4. The van der Waals surface area contributed by atoms with Gasteiger partial charge in [-0.2, -0.15) is 0 Å². The van der Waals surface area contributed by atoms with Crippen molar-refractivity contribution in [1.29, 1.82) is 0 Å². The number of aryl methyl sites for hydroxylation is 1. The van der Waals surface area contributed by atoms with Crippen LogP contribution >= 0.6 is 0 Å². The third kappa shape index (κ3) is 13.4. The molecular formula is C33H49F2N3O6S. The molecule has 0 aliphatic rings. The van der Waals surface area contributed by atoms with Crippen LogP contribution in [-0.2, 0) is 38.8 Å². The number of nitrogens with one attached hydrogen (secondary N) is 3. The van der Waals surface area contributed by atoms with Gasteiger partial charge in [0, 0.05) is 19.2 Å². The first kappa shape index (κ1) is 38.1. The van der Waals surface area contributed by atoms with Gasteiger partial charge in [-0.3, -0.25) is 4.79 Å². The van der Waals surface area contributed by atoms with Gasteiger partial charge in [0.25, 0.3) is 0 Å². The van der Waals surface area contributed by atoms with Gasteiger partial charge < -0.3 is 25.8 Å². The van der Waals surface area contributed by atoms with E-state index in [2.05, 4.69) is 16.0 Å². The van der Waals surface area contributed by atoms with Crippen molar-refractivity contribution < 1.29 is 36.6 Å². The zero-order valence-electron chi connectivity index (χ0n) is 26.9. The van der Waals surface area contributed by atoms with Gasteiger partial charge in [-0.05, 0) is 68.4 Å². The van der Waals surface area contributed by atoms with Crippen LogP contribution < -0.4 is 16.0 Å². The summed E-state index contributed by atoms with van der Waals surface area (Å²) in [6.07, 6.45) is 0.00192. The van der Waals surface area contributed by atoms with Gasteiger partial charge in [-0.25, -0.2) is 22.0 Å². The van der Waals surface area contributed by atoms with Crippen LogP contribution in [0.15, 0.2) is 42.5 Å². The molecule has 0 aliphatic carbocycles. The highest BCUT2D eigenvalue weighted by Crippen LogP contribution is 2.18. The maximum atomic E-state index is 14.0. The number of hydrogen-bond donors (Lipinski definition) is 4. The first-order chi connectivity index (χ1) is 21.3. The Kier molecular flexibility index (Phi) is 15.9. The van der Waals surface area contributed by atoms with E-state index in [1.54, 1.807) is 13.8 Å². The molecule has 3 atom stereocenters. The number of aliphatic hydroxyl groups excluding tert-OH is 1. The molecule has 0 unspecified atom stereocenters. The Morgan fingerprint density at radius 2 is 1.53 bits per heavy atom. The van der Waals surface area contributed by atoms with Crippen LogP contribution in [0.3, 0.4) is 0 Å². The number of sulfone groups is 1. The molecule has 2 amide bonds. The van der Waals surface area contributed by atoms with E-state index in [1.165, 1.54) is 0 Å². The smallest absolute Gasteiger partial charge is 0.408 e. The molecule has 0 spiro atoms. The average Bonchev–Trinajstić information content (AvgIpc) is 2.95. The number of amides is 2. The van der Waals surface area contributed by atoms with Crippen LogP contribution in [0.1, 0.15) is 77.0 Å². The molecule has 0 radical (unpaired) electrons.